The van der Waals surface area contributed by atoms with Crippen LogP contribution in [0.3, 0.4) is 0 Å². The Labute approximate surface area is 150 Å². The highest BCUT2D eigenvalue weighted by atomic mass is 79.9. The van der Waals surface area contributed by atoms with E-state index in [4.69, 9.17) is 0 Å². The molecule has 0 saturated heterocycles. The van der Waals surface area contributed by atoms with Crippen molar-refractivity contribution in [2.75, 3.05) is 0 Å². The summed E-state index contributed by atoms with van der Waals surface area (Å²) in [6.07, 6.45) is 0. The van der Waals surface area contributed by atoms with Crippen LogP contribution in [0, 0.1) is 0 Å². The van der Waals surface area contributed by atoms with Crippen molar-refractivity contribution in [3.63, 3.8) is 0 Å². The van der Waals surface area contributed by atoms with Crippen molar-refractivity contribution >= 4 is 50.3 Å². The second kappa shape index (κ2) is 7.21. The number of nitrogens with one attached hydrogen (secondary N) is 1. The Kier molecular flexibility index (Phi) is 5.05. The zero-order chi connectivity index (χ0) is 16.2. The molecule has 0 radical (unpaired) electrons. The molecule has 0 unspecified atom stereocenters. The van der Waals surface area contributed by atoms with E-state index < -0.39 is 0 Å². The van der Waals surface area contributed by atoms with Crippen LogP contribution in [0.1, 0.15) is 30.5 Å². The van der Waals surface area contributed by atoms with E-state index in [2.05, 4.69) is 21.2 Å². The van der Waals surface area contributed by atoms with Crippen LogP contribution in [0.4, 0.5) is 0 Å². The van der Waals surface area contributed by atoms with Crippen LogP contribution in [0.15, 0.2) is 57.7 Å². The largest absolute Gasteiger partial charge is 0.347 e. The van der Waals surface area contributed by atoms with Gasteiger partial charge in [-0.2, -0.15) is 11.3 Å². The van der Waals surface area contributed by atoms with E-state index in [0.717, 1.165) is 9.35 Å². The number of amides is 1. The third-order valence-corrected chi connectivity index (χ3v) is 5.49. The second-order valence-electron chi connectivity index (χ2n) is 4.80. The molecule has 3 rings (SSSR count). The van der Waals surface area contributed by atoms with Gasteiger partial charge in [0, 0.05) is 25.9 Å². The normalized spacial score (nSPS) is 10.5. The van der Waals surface area contributed by atoms with Gasteiger partial charge in [-0.25, -0.2) is 0 Å². The van der Waals surface area contributed by atoms with Gasteiger partial charge in [0.05, 0.1) is 11.4 Å². The van der Waals surface area contributed by atoms with E-state index in [1.807, 2.05) is 41.1 Å². The van der Waals surface area contributed by atoms with Crippen molar-refractivity contribution in [3.05, 3.63) is 78.6 Å². The molecule has 1 N–H and O–H groups in total. The number of carbonyl (C=O) groups is 2. The highest BCUT2D eigenvalue weighted by molar-refractivity contribution is 9.10. The van der Waals surface area contributed by atoms with E-state index in [1.165, 1.54) is 22.7 Å². The van der Waals surface area contributed by atoms with Crippen molar-refractivity contribution in [3.8, 4) is 0 Å². The Bertz CT molecular complexity index is 823. The fourth-order valence-electron chi connectivity index (χ4n) is 2.00. The lowest BCUT2D eigenvalue weighted by Crippen LogP contribution is -2.22. The maximum Gasteiger partial charge on any atom is 0.251 e. The Morgan fingerprint density at radius 3 is 2.48 bits per heavy atom. The molecule has 2 heterocycles. The molecule has 116 valence electrons. The van der Waals surface area contributed by atoms with Gasteiger partial charge in [0.25, 0.3) is 5.91 Å². The van der Waals surface area contributed by atoms with Gasteiger partial charge in [0.1, 0.15) is 0 Å². The van der Waals surface area contributed by atoms with Crippen LogP contribution in [-0.2, 0) is 6.54 Å². The molecule has 0 aliphatic heterocycles. The predicted octanol–water partition coefficient (Wildman–Crippen LogP) is 4.73. The van der Waals surface area contributed by atoms with E-state index in [-0.39, 0.29) is 11.7 Å². The summed E-state index contributed by atoms with van der Waals surface area (Å²) in [5.74, 6) is -0.0988. The molecular formula is C17H12BrNO2S2. The van der Waals surface area contributed by atoms with Gasteiger partial charge >= 0.3 is 0 Å². The number of benzene rings is 1. The number of carbonyl (C=O) groups excluding carboxylic acids is 2. The van der Waals surface area contributed by atoms with Gasteiger partial charge in [-0.15, -0.1) is 11.3 Å². The summed E-state index contributed by atoms with van der Waals surface area (Å²) < 4.78 is 0.934. The predicted molar refractivity (Wildman–Crippen MR) is 97.4 cm³/mol. The number of ketones is 1. The fraction of sp³-hybridized carbons (Fsp3) is 0.0588. The van der Waals surface area contributed by atoms with Gasteiger partial charge in [-0.1, -0.05) is 15.9 Å². The average molecular weight is 406 g/mol. The first-order valence-electron chi connectivity index (χ1n) is 6.83. The number of hydrogen-bond acceptors (Lipinski definition) is 4. The molecule has 0 bridgehead atoms. The van der Waals surface area contributed by atoms with E-state index in [0.29, 0.717) is 22.5 Å². The molecule has 1 amide bonds. The quantitative estimate of drug-likeness (QED) is 0.623. The zero-order valence-corrected chi connectivity index (χ0v) is 15.1. The van der Waals surface area contributed by atoms with Crippen molar-refractivity contribution in [1.82, 2.24) is 5.32 Å². The lowest BCUT2D eigenvalue weighted by Gasteiger charge is -2.03. The first-order chi connectivity index (χ1) is 11.1. The van der Waals surface area contributed by atoms with Crippen LogP contribution in [0.25, 0.3) is 0 Å². The summed E-state index contributed by atoms with van der Waals surface area (Å²) in [6.45, 7) is 0.413. The molecule has 3 aromatic rings. The first kappa shape index (κ1) is 16.1. The topological polar surface area (TPSA) is 46.2 Å². The Morgan fingerprint density at radius 2 is 1.78 bits per heavy atom. The first-order valence-corrected chi connectivity index (χ1v) is 9.38. The molecule has 6 heteroatoms. The zero-order valence-electron chi connectivity index (χ0n) is 11.9. The maximum atomic E-state index is 12.2. The van der Waals surface area contributed by atoms with Crippen molar-refractivity contribution in [1.29, 1.82) is 0 Å². The average Bonchev–Trinajstić information content (AvgIpc) is 3.24. The summed E-state index contributed by atoms with van der Waals surface area (Å²) in [6, 6.07) is 12.7. The minimum Gasteiger partial charge on any atom is -0.347 e. The summed E-state index contributed by atoms with van der Waals surface area (Å²) in [5.41, 5.74) is 1.32. The third-order valence-electron chi connectivity index (χ3n) is 3.20. The minimum atomic E-state index is -0.128. The molecule has 0 saturated carbocycles. The second-order valence-corrected chi connectivity index (χ2v) is 7.66. The molecule has 1 aromatic carbocycles. The van der Waals surface area contributed by atoms with Crippen LogP contribution in [0.5, 0.6) is 0 Å². The van der Waals surface area contributed by atoms with Crippen LogP contribution in [-0.4, -0.2) is 11.7 Å². The van der Waals surface area contributed by atoms with E-state index in [9.17, 15) is 9.59 Å². The van der Waals surface area contributed by atoms with Crippen molar-refractivity contribution in [2.45, 2.75) is 6.54 Å². The molecule has 2 aromatic heterocycles. The molecule has 0 fully saturated rings. The Hall–Kier alpha value is -1.76. The van der Waals surface area contributed by atoms with Crippen molar-refractivity contribution < 1.29 is 9.59 Å². The SMILES string of the molecule is O=C(NCc1ccc(C(=O)c2ccsc2)s1)c1ccc(Br)cc1. The standard InChI is InChI=1S/C17H12BrNO2S2/c18-13-3-1-11(2-4-13)17(21)19-9-14-5-6-15(23-14)16(20)12-7-8-22-10-12/h1-8,10H,9H2,(H,19,21). The Balaban J connectivity index is 1.62. The summed E-state index contributed by atoms with van der Waals surface area (Å²) in [4.78, 5) is 26.0. The molecule has 0 aliphatic carbocycles. The van der Waals surface area contributed by atoms with Gasteiger partial charge in [-0.05, 0) is 47.8 Å². The summed E-state index contributed by atoms with van der Waals surface area (Å²) >= 11 is 6.26. The smallest absolute Gasteiger partial charge is 0.251 e. The van der Waals surface area contributed by atoms with Crippen LogP contribution >= 0.6 is 38.6 Å². The maximum absolute atomic E-state index is 12.2. The van der Waals surface area contributed by atoms with Gasteiger partial charge in [-0.3, -0.25) is 9.59 Å². The molecule has 3 nitrogen and oxygen atoms in total. The number of thiophene rings is 2. The van der Waals surface area contributed by atoms with Gasteiger partial charge in [0.2, 0.25) is 5.78 Å². The molecule has 0 spiro atoms. The lowest BCUT2D eigenvalue weighted by atomic mass is 10.2. The minimum absolute atomic E-state index is 0.0294. The van der Waals surface area contributed by atoms with Crippen LogP contribution in [0.2, 0.25) is 0 Å². The summed E-state index contributed by atoms with van der Waals surface area (Å²) in [5, 5.41) is 6.60. The van der Waals surface area contributed by atoms with Crippen molar-refractivity contribution in [2.24, 2.45) is 0 Å². The molecule has 0 atom stereocenters. The monoisotopic (exact) mass is 405 g/mol. The van der Waals surface area contributed by atoms with Gasteiger partial charge < -0.3 is 5.32 Å². The Morgan fingerprint density at radius 1 is 1.00 bits per heavy atom. The highest BCUT2D eigenvalue weighted by Crippen LogP contribution is 2.21. The van der Waals surface area contributed by atoms with E-state index >= 15 is 0 Å². The highest BCUT2D eigenvalue weighted by Gasteiger charge is 2.13. The molecule has 23 heavy (non-hydrogen) atoms. The summed E-state index contributed by atoms with van der Waals surface area (Å²) in [7, 11) is 0. The molecule has 0 aliphatic rings. The third kappa shape index (κ3) is 3.96. The number of rotatable bonds is 5. The number of hydrogen-bond donors (Lipinski definition) is 1. The van der Waals surface area contributed by atoms with E-state index in [1.54, 1.807) is 12.1 Å². The van der Waals surface area contributed by atoms with Crippen LogP contribution < -0.4 is 5.32 Å². The molecular weight excluding hydrogens is 394 g/mol. The van der Waals surface area contributed by atoms with Gasteiger partial charge in [0.15, 0.2) is 0 Å². The number of halogens is 1. The lowest BCUT2D eigenvalue weighted by molar-refractivity contribution is 0.0950. The fourth-order valence-corrected chi connectivity index (χ4v) is 3.81.